The maximum atomic E-state index is 4.46. The van der Waals surface area contributed by atoms with E-state index in [2.05, 4.69) is 48.4 Å². The molecule has 1 N–H and O–H groups in total. The molecule has 0 spiro atoms. The van der Waals surface area contributed by atoms with Crippen LogP contribution in [-0.4, -0.2) is 57.7 Å². The molecular formula is C11H15BrN6. The molecule has 0 atom stereocenters. The van der Waals surface area contributed by atoms with Crippen LogP contribution in [0, 0.1) is 0 Å². The second-order valence-corrected chi connectivity index (χ2v) is 5.32. The third-order valence-electron chi connectivity index (χ3n) is 3.08. The number of piperazine rings is 1. The summed E-state index contributed by atoms with van der Waals surface area (Å²) in [6.45, 7) is 4.08. The Balaban J connectivity index is 1.77. The van der Waals surface area contributed by atoms with Crippen molar-refractivity contribution in [1.29, 1.82) is 0 Å². The van der Waals surface area contributed by atoms with Gasteiger partial charge in [-0.15, -0.1) is 5.10 Å². The molecule has 2 aromatic heterocycles. The molecule has 1 aliphatic heterocycles. The van der Waals surface area contributed by atoms with Gasteiger partial charge in [-0.1, -0.05) is 0 Å². The van der Waals surface area contributed by atoms with Crippen molar-refractivity contribution in [3.05, 3.63) is 22.8 Å². The molecule has 0 amide bonds. The minimum atomic E-state index is 0.645. The highest BCUT2D eigenvalue weighted by molar-refractivity contribution is 9.10. The van der Waals surface area contributed by atoms with E-state index in [1.807, 2.05) is 18.3 Å². The van der Waals surface area contributed by atoms with Crippen molar-refractivity contribution >= 4 is 27.5 Å². The molecule has 2 aromatic rings. The molecule has 6 nitrogen and oxygen atoms in total. The van der Waals surface area contributed by atoms with Crippen LogP contribution in [0.3, 0.4) is 0 Å². The Morgan fingerprint density at radius 1 is 1.28 bits per heavy atom. The smallest absolute Gasteiger partial charge is 0.257 e. The van der Waals surface area contributed by atoms with Crippen molar-refractivity contribution in [1.82, 2.24) is 24.5 Å². The molecule has 18 heavy (non-hydrogen) atoms. The molecule has 1 saturated heterocycles. The SMILES string of the molecule is CN1CCN(Nc2nc3c(Br)cccn3n2)CC1. The Kier molecular flexibility index (Phi) is 3.19. The maximum absolute atomic E-state index is 4.46. The van der Waals surface area contributed by atoms with E-state index in [1.165, 1.54) is 0 Å². The van der Waals surface area contributed by atoms with Crippen molar-refractivity contribution in [3.8, 4) is 0 Å². The first kappa shape index (κ1) is 11.9. The van der Waals surface area contributed by atoms with Gasteiger partial charge in [0, 0.05) is 32.4 Å². The lowest BCUT2D eigenvalue weighted by Gasteiger charge is -2.31. The van der Waals surface area contributed by atoms with Crippen LogP contribution in [-0.2, 0) is 0 Å². The van der Waals surface area contributed by atoms with Gasteiger partial charge in [-0.05, 0) is 35.1 Å². The third-order valence-corrected chi connectivity index (χ3v) is 3.70. The Hall–Kier alpha value is -1.18. The largest absolute Gasteiger partial charge is 0.304 e. The van der Waals surface area contributed by atoms with Crippen molar-refractivity contribution in [2.75, 3.05) is 38.7 Å². The van der Waals surface area contributed by atoms with Crippen LogP contribution in [0.1, 0.15) is 0 Å². The average Bonchev–Trinajstić information content (AvgIpc) is 2.76. The van der Waals surface area contributed by atoms with Crippen molar-refractivity contribution < 1.29 is 0 Å². The van der Waals surface area contributed by atoms with Crippen molar-refractivity contribution in [2.24, 2.45) is 0 Å². The van der Waals surface area contributed by atoms with Crippen LogP contribution in [0.25, 0.3) is 5.65 Å². The number of hydrogen-bond acceptors (Lipinski definition) is 5. The zero-order chi connectivity index (χ0) is 12.5. The maximum Gasteiger partial charge on any atom is 0.257 e. The number of hydrogen-bond donors (Lipinski definition) is 1. The first-order chi connectivity index (χ1) is 8.72. The third kappa shape index (κ3) is 2.33. The fourth-order valence-corrected chi connectivity index (χ4v) is 2.40. The molecule has 0 saturated carbocycles. The van der Waals surface area contributed by atoms with Crippen LogP contribution in [0.15, 0.2) is 22.8 Å². The molecule has 96 valence electrons. The fourth-order valence-electron chi connectivity index (χ4n) is 1.98. The summed E-state index contributed by atoms with van der Waals surface area (Å²) >= 11 is 3.47. The van der Waals surface area contributed by atoms with Gasteiger partial charge >= 0.3 is 0 Å². The van der Waals surface area contributed by atoms with Crippen molar-refractivity contribution in [3.63, 3.8) is 0 Å². The van der Waals surface area contributed by atoms with Gasteiger partial charge in [-0.2, -0.15) is 4.98 Å². The lowest BCUT2D eigenvalue weighted by atomic mass is 10.4. The number of fused-ring (bicyclic) bond motifs is 1. The molecule has 0 aliphatic carbocycles. The number of hydrazine groups is 1. The van der Waals surface area contributed by atoms with Crippen LogP contribution in [0.4, 0.5) is 5.95 Å². The van der Waals surface area contributed by atoms with E-state index in [0.29, 0.717) is 5.95 Å². The molecule has 0 radical (unpaired) electrons. The molecule has 0 aromatic carbocycles. The van der Waals surface area contributed by atoms with E-state index in [1.54, 1.807) is 4.52 Å². The second-order valence-electron chi connectivity index (χ2n) is 4.46. The number of halogens is 1. The van der Waals surface area contributed by atoms with Crippen LogP contribution in [0.2, 0.25) is 0 Å². The van der Waals surface area contributed by atoms with Gasteiger partial charge in [-0.3, -0.25) is 5.43 Å². The zero-order valence-electron chi connectivity index (χ0n) is 10.2. The summed E-state index contributed by atoms with van der Waals surface area (Å²) in [6, 6.07) is 3.90. The normalized spacial score (nSPS) is 18.3. The van der Waals surface area contributed by atoms with Gasteiger partial charge in [-0.25, -0.2) is 9.52 Å². The van der Waals surface area contributed by atoms with E-state index in [-0.39, 0.29) is 0 Å². The zero-order valence-corrected chi connectivity index (χ0v) is 11.8. The van der Waals surface area contributed by atoms with Crippen molar-refractivity contribution in [2.45, 2.75) is 0 Å². The van der Waals surface area contributed by atoms with Gasteiger partial charge in [0.2, 0.25) is 0 Å². The standard InChI is InChI=1S/C11H15BrN6/c1-16-5-7-17(8-6-16)14-11-13-10-9(12)3-2-4-18(10)15-11/h2-4H,5-8H2,1H3,(H,14,15). The highest BCUT2D eigenvalue weighted by Crippen LogP contribution is 2.17. The summed E-state index contributed by atoms with van der Waals surface area (Å²) in [5.41, 5.74) is 4.09. The lowest BCUT2D eigenvalue weighted by molar-refractivity contribution is 0.178. The van der Waals surface area contributed by atoms with Crippen LogP contribution >= 0.6 is 15.9 Å². The minimum Gasteiger partial charge on any atom is -0.304 e. The number of aromatic nitrogens is 3. The number of nitrogens with zero attached hydrogens (tertiary/aromatic N) is 5. The summed E-state index contributed by atoms with van der Waals surface area (Å²) in [5.74, 6) is 0.645. The van der Waals surface area contributed by atoms with Gasteiger partial charge in [0.05, 0.1) is 4.47 Å². The summed E-state index contributed by atoms with van der Waals surface area (Å²) < 4.78 is 2.71. The molecular weight excluding hydrogens is 296 g/mol. The summed E-state index contributed by atoms with van der Waals surface area (Å²) in [6.07, 6.45) is 1.89. The predicted octanol–water partition coefficient (Wildman–Crippen LogP) is 1.07. The number of rotatable bonds is 2. The van der Waals surface area contributed by atoms with Gasteiger partial charge in [0.1, 0.15) is 0 Å². The quantitative estimate of drug-likeness (QED) is 0.899. The number of likely N-dealkylation sites (N-methyl/N-ethyl adjacent to an activating group) is 1. The highest BCUT2D eigenvalue weighted by Gasteiger charge is 2.15. The average molecular weight is 311 g/mol. The highest BCUT2D eigenvalue weighted by atomic mass is 79.9. The molecule has 0 bridgehead atoms. The number of pyridine rings is 1. The van der Waals surface area contributed by atoms with E-state index in [4.69, 9.17) is 0 Å². The summed E-state index contributed by atoms with van der Waals surface area (Å²) in [4.78, 5) is 6.78. The molecule has 7 heteroatoms. The van der Waals surface area contributed by atoms with Crippen LogP contribution in [0.5, 0.6) is 0 Å². The topological polar surface area (TPSA) is 48.7 Å². The van der Waals surface area contributed by atoms with Gasteiger partial charge < -0.3 is 4.90 Å². The fraction of sp³-hybridized carbons (Fsp3) is 0.455. The molecule has 1 aliphatic rings. The second kappa shape index (κ2) is 4.83. The Bertz CT molecular complexity index is 545. The molecule has 3 rings (SSSR count). The van der Waals surface area contributed by atoms with E-state index in [0.717, 1.165) is 36.3 Å². The lowest BCUT2D eigenvalue weighted by Crippen LogP contribution is -2.47. The molecule has 3 heterocycles. The summed E-state index contributed by atoms with van der Waals surface area (Å²) in [7, 11) is 2.14. The predicted molar refractivity (Wildman–Crippen MR) is 73.4 cm³/mol. The van der Waals surface area contributed by atoms with Gasteiger partial charge in [0.15, 0.2) is 5.65 Å². The monoisotopic (exact) mass is 310 g/mol. The summed E-state index contributed by atoms with van der Waals surface area (Å²) in [5, 5.41) is 6.55. The Labute approximate surface area is 114 Å². The first-order valence-electron chi connectivity index (χ1n) is 5.93. The molecule has 1 fully saturated rings. The Morgan fingerprint density at radius 3 is 2.78 bits per heavy atom. The number of anilines is 1. The van der Waals surface area contributed by atoms with E-state index >= 15 is 0 Å². The number of nitrogens with one attached hydrogen (secondary N) is 1. The van der Waals surface area contributed by atoms with E-state index < -0.39 is 0 Å². The van der Waals surface area contributed by atoms with Gasteiger partial charge in [0.25, 0.3) is 5.95 Å². The Morgan fingerprint density at radius 2 is 2.06 bits per heavy atom. The minimum absolute atomic E-state index is 0.645. The van der Waals surface area contributed by atoms with E-state index in [9.17, 15) is 0 Å². The first-order valence-corrected chi connectivity index (χ1v) is 6.73. The molecule has 0 unspecified atom stereocenters. The van der Waals surface area contributed by atoms with Crippen LogP contribution < -0.4 is 5.43 Å².